The monoisotopic (exact) mass is 296 g/mol. The van der Waals surface area contributed by atoms with Crippen molar-refractivity contribution in [3.63, 3.8) is 0 Å². The van der Waals surface area contributed by atoms with E-state index in [0.29, 0.717) is 19.0 Å². The van der Waals surface area contributed by atoms with Gasteiger partial charge in [-0.2, -0.15) is 0 Å². The van der Waals surface area contributed by atoms with E-state index in [9.17, 15) is 8.42 Å². The van der Waals surface area contributed by atoms with Gasteiger partial charge in [0.05, 0.1) is 11.5 Å². The summed E-state index contributed by atoms with van der Waals surface area (Å²) in [5.74, 6) is 3.51. The first-order chi connectivity index (χ1) is 9.57. The molecule has 1 aromatic rings. The highest BCUT2D eigenvalue weighted by atomic mass is 32.2. The fourth-order valence-electron chi connectivity index (χ4n) is 2.35. The molecule has 1 saturated carbocycles. The molecule has 0 unspecified atom stereocenters. The van der Waals surface area contributed by atoms with Crippen molar-refractivity contribution in [3.05, 3.63) is 11.9 Å². The van der Waals surface area contributed by atoms with Crippen LogP contribution in [0.1, 0.15) is 31.5 Å². The number of hydrogen-bond donors (Lipinski definition) is 1. The maximum atomic E-state index is 11.5. The molecule has 1 aliphatic carbocycles. The predicted octanol–water partition coefficient (Wildman–Crippen LogP) is 1.02. The Labute approximate surface area is 119 Å². The first-order valence-electron chi connectivity index (χ1n) is 7.15. The van der Waals surface area contributed by atoms with Gasteiger partial charge in [-0.3, -0.25) is 0 Å². The average molecular weight is 296 g/mol. The molecule has 1 aliphatic heterocycles. The summed E-state index contributed by atoms with van der Waals surface area (Å²) in [4.78, 5) is 11.2. The van der Waals surface area contributed by atoms with Crippen LogP contribution in [0.5, 0.6) is 0 Å². The zero-order chi connectivity index (χ0) is 14.2. The lowest BCUT2D eigenvalue weighted by atomic mass is 10.3. The fraction of sp³-hybridized carbons (Fsp3) is 0.692. The minimum Gasteiger partial charge on any atom is -0.370 e. The smallest absolute Gasteiger partial charge is 0.153 e. The summed E-state index contributed by atoms with van der Waals surface area (Å²) in [6.07, 6.45) is 2.31. The number of anilines is 2. The van der Waals surface area contributed by atoms with Crippen LogP contribution in [0.3, 0.4) is 0 Å². The maximum Gasteiger partial charge on any atom is 0.153 e. The van der Waals surface area contributed by atoms with Crippen LogP contribution in [0.2, 0.25) is 0 Å². The third-order valence-corrected chi connectivity index (χ3v) is 5.31. The summed E-state index contributed by atoms with van der Waals surface area (Å²) in [6, 6.07) is 1.92. The molecular weight excluding hydrogens is 276 g/mol. The molecule has 0 atom stereocenters. The highest BCUT2D eigenvalue weighted by Gasteiger charge is 2.29. The quantitative estimate of drug-likeness (QED) is 0.894. The molecule has 110 valence electrons. The Balaban J connectivity index is 1.84. The topological polar surface area (TPSA) is 75.2 Å². The second-order valence-corrected chi connectivity index (χ2v) is 7.72. The van der Waals surface area contributed by atoms with Crippen molar-refractivity contribution < 1.29 is 8.42 Å². The summed E-state index contributed by atoms with van der Waals surface area (Å²) in [5.41, 5.74) is 0. The molecule has 7 heteroatoms. The van der Waals surface area contributed by atoms with Gasteiger partial charge in [0.1, 0.15) is 17.5 Å². The molecule has 2 aliphatic rings. The Bertz CT molecular complexity index is 584. The molecule has 0 bridgehead atoms. The van der Waals surface area contributed by atoms with Crippen LogP contribution in [0.25, 0.3) is 0 Å². The van der Waals surface area contributed by atoms with Crippen molar-refractivity contribution >= 4 is 21.5 Å². The van der Waals surface area contributed by atoms with E-state index in [-0.39, 0.29) is 11.5 Å². The zero-order valence-electron chi connectivity index (χ0n) is 11.7. The Morgan fingerprint density at radius 3 is 2.60 bits per heavy atom. The van der Waals surface area contributed by atoms with Gasteiger partial charge in [-0.15, -0.1) is 0 Å². The van der Waals surface area contributed by atoms with Gasteiger partial charge in [0, 0.05) is 31.6 Å². The third-order valence-electron chi connectivity index (χ3n) is 3.70. The standard InChI is InChI=1S/C13H20N4O2S/c1-2-14-11-9-12(16-13(15-11)10-3-4-10)17-5-7-20(18,19)8-6-17/h9-10H,2-8H2,1H3,(H,14,15,16). The summed E-state index contributed by atoms with van der Waals surface area (Å²) >= 11 is 0. The van der Waals surface area contributed by atoms with E-state index in [1.165, 1.54) is 0 Å². The Morgan fingerprint density at radius 1 is 1.30 bits per heavy atom. The minimum absolute atomic E-state index is 0.215. The second kappa shape index (κ2) is 5.20. The average Bonchev–Trinajstić information content (AvgIpc) is 3.23. The Hall–Kier alpha value is -1.37. The lowest BCUT2D eigenvalue weighted by Gasteiger charge is -2.28. The summed E-state index contributed by atoms with van der Waals surface area (Å²) in [6.45, 7) is 3.89. The van der Waals surface area contributed by atoms with E-state index in [1.807, 2.05) is 13.0 Å². The fourth-order valence-corrected chi connectivity index (χ4v) is 3.55. The van der Waals surface area contributed by atoms with E-state index in [0.717, 1.165) is 36.8 Å². The van der Waals surface area contributed by atoms with Gasteiger partial charge in [-0.05, 0) is 19.8 Å². The molecule has 0 aromatic carbocycles. The SMILES string of the molecule is CCNc1cc(N2CCS(=O)(=O)CC2)nc(C2CC2)n1. The minimum atomic E-state index is -2.86. The lowest BCUT2D eigenvalue weighted by Crippen LogP contribution is -2.40. The number of sulfone groups is 1. The van der Waals surface area contributed by atoms with Crippen molar-refractivity contribution in [1.82, 2.24) is 9.97 Å². The summed E-state index contributed by atoms with van der Waals surface area (Å²) in [7, 11) is -2.86. The largest absolute Gasteiger partial charge is 0.370 e. The molecule has 1 saturated heterocycles. The van der Waals surface area contributed by atoms with Crippen LogP contribution in [-0.4, -0.2) is 49.5 Å². The van der Waals surface area contributed by atoms with Gasteiger partial charge in [0.15, 0.2) is 9.84 Å². The van der Waals surface area contributed by atoms with Crippen LogP contribution < -0.4 is 10.2 Å². The van der Waals surface area contributed by atoms with E-state index < -0.39 is 9.84 Å². The summed E-state index contributed by atoms with van der Waals surface area (Å²) < 4.78 is 23.0. The highest BCUT2D eigenvalue weighted by molar-refractivity contribution is 7.91. The van der Waals surface area contributed by atoms with Gasteiger partial charge in [-0.25, -0.2) is 18.4 Å². The second-order valence-electron chi connectivity index (χ2n) is 5.41. The molecule has 2 fully saturated rings. The number of hydrogen-bond acceptors (Lipinski definition) is 6. The molecule has 20 heavy (non-hydrogen) atoms. The molecule has 0 spiro atoms. The van der Waals surface area contributed by atoms with Gasteiger partial charge in [-0.1, -0.05) is 0 Å². The molecule has 2 heterocycles. The van der Waals surface area contributed by atoms with E-state index >= 15 is 0 Å². The van der Waals surface area contributed by atoms with Crippen LogP contribution in [0, 0.1) is 0 Å². The lowest BCUT2D eigenvalue weighted by molar-refractivity contribution is 0.586. The van der Waals surface area contributed by atoms with Gasteiger partial charge < -0.3 is 10.2 Å². The number of rotatable bonds is 4. The third kappa shape index (κ3) is 3.03. The highest BCUT2D eigenvalue weighted by Crippen LogP contribution is 2.39. The van der Waals surface area contributed by atoms with Gasteiger partial charge >= 0.3 is 0 Å². The molecule has 0 radical (unpaired) electrons. The van der Waals surface area contributed by atoms with Crippen LogP contribution in [-0.2, 0) is 9.84 Å². The van der Waals surface area contributed by atoms with Crippen molar-refractivity contribution in [1.29, 1.82) is 0 Å². The molecule has 0 amide bonds. The van der Waals surface area contributed by atoms with Crippen molar-refractivity contribution in [3.8, 4) is 0 Å². The zero-order valence-corrected chi connectivity index (χ0v) is 12.5. The maximum absolute atomic E-state index is 11.5. The molecule has 1 N–H and O–H groups in total. The van der Waals surface area contributed by atoms with E-state index in [4.69, 9.17) is 0 Å². The predicted molar refractivity (Wildman–Crippen MR) is 79.0 cm³/mol. The number of nitrogens with one attached hydrogen (secondary N) is 1. The molecule has 3 rings (SSSR count). The van der Waals surface area contributed by atoms with Gasteiger partial charge in [0.25, 0.3) is 0 Å². The van der Waals surface area contributed by atoms with Crippen molar-refractivity contribution in [2.75, 3.05) is 41.4 Å². The summed E-state index contributed by atoms with van der Waals surface area (Å²) in [5, 5.41) is 3.23. The van der Waals surface area contributed by atoms with Gasteiger partial charge in [0.2, 0.25) is 0 Å². The molecule has 6 nitrogen and oxygen atoms in total. The van der Waals surface area contributed by atoms with Crippen molar-refractivity contribution in [2.45, 2.75) is 25.7 Å². The molecular formula is C13H20N4O2S. The first-order valence-corrected chi connectivity index (χ1v) is 8.98. The normalized spacial score (nSPS) is 21.8. The van der Waals surface area contributed by atoms with E-state index in [1.54, 1.807) is 0 Å². The van der Waals surface area contributed by atoms with Crippen LogP contribution >= 0.6 is 0 Å². The van der Waals surface area contributed by atoms with Crippen LogP contribution in [0.15, 0.2) is 6.07 Å². The number of nitrogens with zero attached hydrogens (tertiary/aromatic N) is 3. The molecule has 1 aromatic heterocycles. The Morgan fingerprint density at radius 2 is 2.00 bits per heavy atom. The van der Waals surface area contributed by atoms with Crippen molar-refractivity contribution in [2.24, 2.45) is 0 Å². The number of aromatic nitrogens is 2. The van der Waals surface area contributed by atoms with E-state index in [2.05, 4.69) is 20.2 Å². The van der Waals surface area contributed by atoms with Crippen LogP contribution in [0.4, 0.5) is 11.6 Å². The Kier molecular flexibility index (Phi) is 3.54. The first kappa shape index (κ1) is 13.6.